The summed E-state index contributed by atoms with van der Waals surface area (Å²) in [4.78, 5) is 24.5. The van der Waals surface area contributed by atoms with E-state index in [1.54, 1.807) is 18.2 Å². The summed E-state index contributed by atoms with van der Waals surface area (Å²) >= 11 is 0. The van der Waals surface area contributed by atoms with Gasteiger partial charge in [-0.2, -0.15) is 0 Å². The van der Waals surface area contributed by atoms with Crippen LogP contribution in [0, 0.1) is 6.92 Å². The van der Waals surface area contributed by atoms with E-state index in [1.807, 2.05) is 37.3 Å². The lowest BCUT2D eigenvalue weighted by atomic mass is 9.98. The first-order valence-electron chi connectivity index (χ1n) is 9.50. The number of carbonyl (C=O) groups excluding carboxylic acids is 2. The molecule has 162 valence electrons. The molecule has 0 aliphatic heterocycles. The monoisotopic (exact) mass is 441 g/mol. The smallest absolute Gasteiger partial charge is 0.258 e. The van der Waals surface area contributed by atoms with E-state index in [0.717, 1.165) is 22.9 Å². The van der Waals surface area contributed by atoms with Crippen molar-refractivity contribution in [2.75, 3.05) is 24.7 Å². The van der Waals surface area contributed by atoms with E-state index in [2.05, 4.69) is 15.4 Å². The highest BCUT2D eigenvalue weighted by molar-refractivity contribution is 7.88. The number of nitrogens with one attached hydrogen (secondary N) is 3. The van der Waals surface area contributed by atoms with Crippen molar-refractivity contribution in [3.63, 3.8) is 0 Å². The van der Waals surface area contributed by atoms with Crippen LogP contribution < -0.4 is 15.4 Å². The zero-order valence-electron chi connectivity index (χ0n) is 17.1. The zero-order valence-corrected chi connectivity index (χ0v) is 18.0. The Morgan fingerprint density at radius 3 is 2.32 bits per heavy atom. The van der Waals surface area contributed by atoms with Gasteiger partial charge >= 0.3 is 0 Å². The molecule has 0 aliphatic carbocycles. The molecule has 1 aromatic heterocycles. The summed E-state index contributed by atoms with van der Waals surface area (Å²) < 4.78 is 29.3. The lowest BCUT2D eigenvalue weighted by Crippen LogP contribution is -2.34. The molecule has 2 amide bonds. The van der Waals surface area contributed by atoms with Crippen LogP contribution in [-0.2, 0) is 10.0 Å². The highest BCUT2D eigenvalue weighted by Crippen LogP contribution is 2.27. The normalized spacial score (nSPS) is 11.2. The minimum absolute atomic E-state index is 0.124. The second kappa shape index (κ2) is 9.59. The summed E-state index contributed by atoms with van der Waals surface area (Å²) in [5.41, 5.74) is 4.38. The molecule has 0 saturated carbocycles. The van der Waals surface area contributed by atoms with Crippen molar-refractivity contribution >= 4 is 27.5 Å². The predicted octanol–water partition coefficient (Wildman–Crippen LogP) is 2.79. The van der Waals surface area contributed by atoms with Crippen molar-refractivity contribution < 1.29 is 22.4 Å². The number of anilines is 1. The van der Waals surface area contributed by atoms with Gasteiger partial charge in [-0.1, -0.05) is 18.2 Å². The standard InChI is InChI=1S/C22H23N3O5S/c1-15-3-8-19(25-22(27)18-9-12-30-14-18)13-20(15)16-4-6-17(7-5-16)21(26)23-10-11-24-31(2,28)29/h3-9,12-14,24H,10-11H2,1-2H3,(H,23,26)(H,25,27). The highest BCUT2D eigenvalue weighted by atomic mass is 32.2. The molecule has 0 fully saturated rings. The number of benzene rings is 2. The third-order valence-corrected chi connectivity index (χ3v) is 5.24. The fraction of sp³-hybridized carbons (Fsp3) is 0.182. The van der Waals surface area contributed by atoms with Crippen molar-refractivity contribution in [1.82, 2.24) is 10.0 Å². The first-order valence-corrected chi connectivity index (χ1v) is 11.4. The maximum Gasteiger partial charge on any atom is 0.258 e. The maximum absolute atomic E-state index is 12.2. The number of hydrogen-bond donors (Lipinski definition) is 3. The largest absolute Gasteiger partial charge is 0.472 e. The zero-order chi connectivity index (χ0) is 22.4. The van der Waals surface area contributed by atoms with Crippen LogP contribution in [0.5, 0.6) is 0 Å². The summed E-state index contributed by atoms with van der Waals surface area (Å²) in [6, 6.07) is 14.3. The van der Waals surface area contributed by atoms with Crippen molar-refractivity contribution in [1.29, 1.82) is 0 Å². The molecule has 0 saturated heterocycles. The van der Waals surface area contributed by atoms with Crippen LogP contribution in [0.4, 0.5) is 5.69 Å². The first-order chi connectivity index (χ1) is 14.7. The Hall–Kier alpha value is -3.43. The molecule has 0 atom stereocenters. The molecule has 3 rings (SSSR count). The molecule has 0 bridgehead atoms. The Balaban J connectivity index is 1.67. The van der Waals surface area contributed by atoms with E-state index in [4.69, 9.17) is 4.42 Å². The second-order valence-electron chi connectivity index (χ2n) is 7.00. The van der Waals surface area contributed by atoms with Gasteiger partial charge in [0.1, 0.15) is 6.26 Å². The number of hydrogen-bond acceptors (Lipinski definition) is 5. The number of amides is 2. The van der Waals surface area contributed by atoms with Crippen LogP contribution in [0.15, 0.2) is 65.5 Å². The molecule has 1 heterocycles. The summed E-state index contributed by atoms with van der Waals surface area (Å²) in [6.45, 7) is 2.27. The lowest BCUT2D eigenvalue weighted by molar-refractivity contribution is 0.0953. The topological polar surface area (TPSA) is 118 Å². The molecule has 2 aromatic carbocycles. The third-order valence-electron chi connectivity index (χ3n) is 4.51. The van der Waals surface area contributed by atoms with Gasteiger partial charge in [-0.15, -0.1) is 0 Å². The van der Waals surface area contributed by atoms with E-state index in [0.29, 0.717) is 16.8 Å². The Labute approximate surface area is 180 Å². The van der Waals surface area contributed by atoms with E-state index < -0.39 is 10.0 Å². The molecule has 0 spiro atoms. The molecule has 3 aromatic rings. The number of sulfonamides is 1. The fourth-order valence-corrected chi connectivity index (χ4v) is 3.40. The minimum Gasteiger partial charge on any atom is -0.472 e. The SMILES string of the molecule is Cc1ccc(NC(=O)c2ccoc2)cc1-c1ccc(C(=O)NCCNS(C)(=O)=O)cc1. The van der Waals surface area contributed by atoms with Gasteiger partial charge < -0.3 is 15.1 Å². The van der Waals surface area contributed by atoms with Crippen molar-refractivity contribution in [2.45, 2.75) is 6.92 Å². The van der Waals surface area contributed by atoms with Crippen LogP contribution in [-0.4, -0.2) is 39.6 Å². The average molecular weight is 442 g/mol. The van der Waals surface area contributed by atoms with E-state index in [-0.39, 0.29) is 24.9 Å². The number of aryl methyl sites for hydroxylation is 1. The first kappa shape index (κ1) is 22.3. The Bertz CT molecular complexity index is 1170. The fourth-order valence-electron chi connectivity index (χ4n) is 2.92. The van der Waals surface area contributed by atoms with Gasteiger partial charge in [0.15, 0.2) is 0 Å². The van der Waals surface area contributed by atoms with Crippen LogP contribution in [0.2, 0.25) is 0 Å². The van der Waals surface area contributed by atoms with Crippen molar-refractivity contribution in [2.24, 2.45) is 0 Å². The molecule has 0 aliphatic rings. The lowest BCUT2D eigenvalue weighted by Gasteiger charge is -2.11. The highest BCUT2D eigenvalue weighted by Gasteiger charge is 2.11. The van der Waals surface area contributed by atoms with Crippen molar-refractivity contribution in [3.8, 4) is 11.1 Å². The molecule has 8 nitrogen and oxygen atoms in total. The summed E-state index contributed by atoms with van der Waals surface area (Å²) in [5, 5.41) is 5.50. The number of rotatable bonds is 8. The summed E-state index contributed by atoms with van der Waals surface area (Å²) in [7, 11) is -3.28. The van der Waals surface area contributed by atoms with Gasteiger partial charge in [0.05, 0.1) is 18.1 Å². The maximum atomic E-state index is 12.2. The van der Waals surface area contributed by atoms with E-state index in [9.17, 15) is 18.0 Å². The number of carbonyl (C=O) groups is 2. The molecular weight excluding hydrogens is 418 g/mol. The molecule has 0 unspecified atom stereocenters. The van der Waals surface area contributed by atoms with Gasteiger partial charge in [-0.25, -0.2) is 13.1 Å². The van der Waals surface area contributed by atoms with Gasteiger partial charge in [-0.05, 0) is 53.9 Å². The third kappa shape index (κ3) is 6.27. The predicted molar refractivity (Wildman–Crippen MR) is 118 cm³/mol. The van der Waals surface area contributed by atoms with Crippen LogP contribution in [0.1, 0.15) is 26.3 Å². The molecule has 0 radical (unpaired) electrons. The van der Waals surface area contributed by atoms with Gasteiger partial charge in [-0.3, -0.25) is 9.59 Å². The molecule has 31 heavy (non-hydrogen) atoms. The molecule has 3 N–H and O–H groups in total. The molecular formula is C22H23N3O5S. The Kier molecular flexibility index (Phi) is 6.88. The minimum atomic E-state index is -3.28. The van der Waals surface area contributed by atoms with Gasteiger partial charge in [0, 0.05) is 24.3 Å². The summed E-state index contributed by atoms with van der Waals surface area (Å²) in [5.74, 6) is -0.555. The second-order valence-corrected chi connectivity index (χ2v) is 8.83. The Morgan fingerprint density at radius 2 is 1.68 bits per heavy atom. The van der Waals surface area contributed by atoms with Gasteiger partial charge in [0.2, 0.25) is 10.0 Å². The van der Waals surface area contributed by atoms with Crippen molar-refractivity contribution in [3.05, 3.63) is 77.7 Å². The average Bonchev–Trinajstić information content (AvgIpc) is 3.27. The van der Waals surface area contributed by atoms with E-state index in [1.165, 1.54) is 12.5 Å². The Morgan fingerprint density at radius 1 is 0.935 bits per heavy atom. The number of furan rings is 1. The quantitative estimate of drug-likeness (QED) is 0.465. The van der Waals surface area contributed by atoms with Crippen LogP contribution in [0.25, 0.3) is 11.1 Å². The van der Waals surface area contributed by atoms with Gasteiger partial charge in [0.25, 0.3) is 11.8 Å². The van der Waals surface area contributed by atoms with Crippen LogP contribution in [0.3, 0.4) is 0 Å². The van der Waals surface area contributed by atoms with Crippen LogP contribution >= 0.6 is 0 Å². The summed E-state index contributed by atoms with van der Waals surface area (Å²) in [6.07, 6.45) is 3.88. The molecule has 9 heteroatoms. The van der Waals surface area contributed by atoms with E-state index >= 15 is 0 Å².